The highest BCUT2D eigenvalue weighted by atomic mass is 127. The van der Waals surface area contributed by atoms with Gasteiger partial charge in [-0.25, -0.2) is 9.97 Å². The normalized spacial score (nSPS) is 11.6. The lowest BCUT2D eigenvalue weighted by molar-refractivity contribution is -0.177. The summed E-state index contributed by atoms with van der Waals surface area (Å²) in [4.78, 5) is 7.95. The highest BCUT2D eigenvalue weighted by Crippen LogP contribution is 2.16. The van der Waals surface area contributed by atoms with E-state index in [1.54, 1.807) is 0 Å². The van der Waals surface area contributed by atoms with E-state index >= 15 is 0 Å². The van der Waals surface area contributed by atoms with Crippen molar-refractivity contribution in [3.05, 3.63) is 15.6 Å². The molecule has 17 heavy (non-hydrogen) atoms. The lowest BCUT2D eigenvalue weighted by Gasteiger charge is -2.09. The van der Waals surface area contributed by atoms with Crippen LogP contribution in [-0.2, 0) is 11.3 Å². The molecule has 0 amide bonds. The first kappa shape index (κ1) is 14.4. The summed E-state index contributed by atoms with van der Waals surface area (Å²) in [5.41, 5.74) is 0. The van der Waals surface area contributed by atoms with Gasteiger partial charge in [0.05, 0.1) is 3.57 Å². The fourth-order valence-electron chi connectivity index (χ4n) is 1.02. The number of alkyl halides is 3. The second kappa shape index (κ2) is 6.34. The summed E-state index contributed by atoms with van der Waals surface area (Å²) in [6.45, 7) is 1.03. The van der Waals surface area contributed by atoms with Gasteiger partial charge >= 0.3 is 6.18 Å². The first-order chi connectivity index (χ1) is 7.92. The molecule has 0 atom stereocenters. The molecule has 0 aliphatic rings. The van der Waals surface area contributed by atoms with Gasteiger partial charge in [-0.2, -0.15) is 13.2 Å². The number of anilines is 1. The molecule has 96 valence electrons. The molecule has 1 rings (SSSR count). The van der Waals surface area contributed by atoms with E-state index in [2.05, 4.69) is 20.0 Å². The van der Waals surface area contributed by atoms with Crippen LogP contribution in [0, 0.1) is 3.57 Å². The molecule has 1 heterocycles. The van der Waals surface area contributed by atoms with Crippen LogP contribution in [0.2, 0.25) is 0 Å². The van der Waals surface area contributed by atoms with Gasteiger partial charge < -0.3 is 10.1 Å². The van der Waals surface area contributed by atoms with E-state index in [0.29, 0.717) is 12.4 Å². The summed E-state index contributed by atoms with van der Waals surface area (Å²) in [5.74, 6) is 0.833. The van der Waals surface area contributed by atoms with Crippen molar-refractivity contribution in [1.82, 2.24) is 9.97 Å². The van der Waals surface area contributed by atoms with Crippen LogP contribution in [0.25, 0.3) is 0 Å². The largest absolute Gasteiger partial charge is 0.411 e. The van der Waals surface area contributed by atoms with Crippen molar-refractivity contribution in [2.45, 2.75) is 19.7 Å². The minimum absolute atomic E-state index is 0.227. The highest BCUT2D eigenvalue weighted by Gasteiger charge is 2.27. The Morgan fingerprint density at radius 2 is 2.18 bits per heavy atom. The van der Waals surface area contributed by atoms with Crippen LogP contribution < -0.4 is 5.32 Å². The van der Waals surface area contributed by atoms with Gasteiger partial charge in [-0.1, -0.05) is 0 Å². The average Bonchev–Trinajstić information content (AvgIpc) is 2.21. The van der Waals surface area contributed by atoms with E-state index in [4.69, 9.17) is 0 Å². The number of halogens is 4. The molecule has 0 saturated carbocycles. The molecular weight excluding hydrogens is 350 g/mol. The Labute approximate surface area is 110 Å². The number of nitrogens with zero attached hydrogens (tertiary/aromatic N) is 2. The van der Waals surface area contributed by atoms with Crippen molar-refractivity contribution in [3.63, 3.8) is 0 Å². The summed E-state index contributed by atoms with van der Waals surface area (Å²) < 4.78 is 40.8. The van der Waals surface area contributed by atoms with Crippen LogP contribution >= 0.6 is 22.6 Å². The van der Waals surface area contributed by atoms with Crippen molar-refractivity contribution in [3.8, 4) is 0 Å². The number of rotatable bonds is 5. The standard InChI is InChI=1S/C9H11F3IN3O/c1-2-14-8-6(13)3-15-7(16-8)4-17-5-9(10,11)12/h3H,2,4-5H2,1H3,(H,14,15,16). The molecule has 0 aliphatic carbocycles. The van der Waals surface area contributed by atoms with Crippen molar-refractivity contribution < 1.29 is 17.9 Å². The third kappa shape index (κ3) is 5.48. The molecule has 0 unspecified atom stereocenters. The lowest BCUT2D eigenvalue weighted by atomic mass is 10.5. The SMILES string of the molecule is CCNc1nc(COCC(F)(F)F)ncc1I. The van der Waals surface area contributed by atoms with Gasteiger partial charge in [0, 0.05) is 12.7 Å². The molecule has 1 aromatic rings. The summed E-state index contributed by atoms with van der Waals surface area (Å²) in [6.07, 6.45) is -2.79. The van der Waals surface area contributed by atoms with Gasteiger partial charge in [0.25, 0.3) is 0 Å². The summed E-state index contributed by atoms with van der Waals surface area (Å²) in [6, 6.07) is 0. The molecule has 0 aromatic carbocycles. The van der Waals surface area contributed by atoms with Crippen molar-refractivity contribution in [1.29, 1.82) is 0 Å². The Morgan fingerprint density at radius 1 is 1.47 bits per heavy atom. The van der Waals surface area contributed by atoms with E-state index in [9.17, 15) is 13.2 Å². The number of hydrogen-bond donors (Lipinski definition) is 1. The van der Waals surface area contributed by atoms with Gasteiger partial charge in [-0.3, -0.25) is 0 Å². The van der Waals surface area contributed by atoms with E-state index in [0.717, 1.165) is 3.57 Å². The molecule has 1 aromatic heterocycles. The molecule has 0 aliphatic heterocycles. The molecule has 8 heteroatoms. The third-order valence-corrected chi connectivity index (χ3v) is 2.42. The summed E-state index contributed by atoms with van der Waals surface area (Å²) in [7, 11) is 0. The van der Waals surface area contributed by atoms with Crippen LogP contribution in [0.15, 0.2) is 6.20 Å². The quantitative estimate of drug-likeness (QED) is 0.820. The second-order valence-electron chi connectivity index (χ2n) is 3.12. The maximum absolute atomic E-state index is 11.8. The van der Waals surface area contributed by atoms with Gasteiger partial charge in [0.15, 0.2) is 5.82 Å². The van der Waals surface area contributed by atoms with Crippen LogP contribution in [-0.4, -0.2) is 29.3 Å². The molecule has 0 spiro atoms. The molecule has 0 radical (unpaired) electrons. The number of hydrogen-bond acceptors (Lipinski definition) is 4. The molecule has 4 nitrogen and oxygen atoms in total. The number of nitrogens with one attached hydrogen (secondary N) is 1. The Bertz CT molecular complexity index is 373. The van der Waals surface area contributed by atoms with Gasteiger partial charge in [0.2, 0.25) is 0 Å². The average molecular weight is 361 g/mol. The van der Waals surface area contributed by atoms with Crippen molar-refractivity contribution >= 4 is 28.4 Å². The van der Waals surface area contributed by atoms with Gasteiger partial charge in [-0.15, -0.1) is 0 Å². The maximum Gasteiger partial charge on any atom is 0.411 e. The van der Waals surface area contributed by atoms with Crippen molar-refractivity contribution in [2.75, 3.05) is 18.5 Å². The maximum atomic E-state index is 11.8. The summed E-state index contributed by atoms with van der Waals surface area (Å²) in [5, 5.41) is 2.99. The lowest BCUT2D eigenvalue weighted by Crippen LogP contribution is -2.17. The summed E-state index contributed by atoms with van der Waals surface area (Å²) >= 11 is 2.04. The van der Waals surface area contributed by atoms with Crippen LogP contribution in [0.3, 0.4) is 0 Å². The fraction of sp³-hybridized carbons (Fsp3) is 0.556. The second-order valence-corrected chi connectivity index (χ2v) is 4.28. The van der Waals surface area contributed by atoms with Crippen LogP contribution in [0.1, 0.15) is 12.7 Å². The number of ether oxygens (including phenoxy) is 1. The van der Waals surface area contributed by atoms with Crippen LogP contribution in [0.5, 0.6) is 0 Å². The monoisotopic (exact) mass is 361 g/mol. The predicted molar refractivity (Wildman–Crippen MR) is 64.6 cm³/mol. The molecule has 0 saturated heterocycles. The molecule has 0 bridgehead atoms. The zero-order valence-corrected chi connectivity index (χ0v) is 11.2. The zero-order valence-electron chi connectivity index (χ0n) is 9.01. The van der Waals surface area contributed by atoms with Crippen LogP contribution in [0.4, 0.5) is 19.0 Å². The van der Waals surface area contributed by atoms with E-state index in [1.807, 2.05) is 29.5 Å². The molecule has 1 N–H and O–H groups in total. The third-order valence-electron chi connectivity index (χ3n) is 1.64. The van der Waals surface area contributed by atoms with E-state index in [1.165, 1.54) is 6.20 Å². The first-order valence-electron chi connectivity index (χ1n) is 4.82. The Morgan fingerprint density at radius 3 is 2.76 bits per heavy atom. The smallest absolute Gasteiger partial charge is 0.369 e. The first-order valence-corrected chi connectivity index (χ1v) is 5.90. The Balaban J connectivity index is 2.57. The van der Waals surface area contributed by atoms with Gasteiger partial charge in [0.1, 0.15) is 19.0 Å². The minimum atomic E-state index is -4.33. The Hall–Kier alpha value is -0.640. The van der Waals surface area contributed by atoms with E-state index < -0.39 is 12.8 Å². The molecule has 0 fully saturated rings. The van der Waals surface area contributed by atoms with Gasteiger partial charge in [-0.05, 0) is 29.5 Å². The minimum Gasteiger partial charge on any atom is -0.369 e. The number of aromatic nitrogens is 2. The Kier molecular flexibility index (Phi) is 5.37. The predicted octanol–water partition coefficient (Wildman–Crippen LogP) is 2.59. The van der Waals surface area contributed by atoms with Crippen molar-refractivity contribution in [2.24, 2.45) is 0 Å². The topological polar surface area (TPSA) is 47.0 Å². The zero-order chi connectivity index (χ0) is 12.9. The van der Waals surface area contributed by atoms with E-state index in [-0.39, 0.29) is 12.4 Å². The fourth-order valence-corrected chi connectivity index (χ4v) is 1.47. The highest BCUT2D eigenvalue weighted by molar-refractivity contribution is 14.1. The molecular formula is C9H11F3IN3O.